The van der Waals surface area contributed by atoms with E-state index >= 15 is 0 Å². The summed E-state index contributed by atoms with van der Waals surface area (Å²) in [5, 5.41) is 2.10. The highest BCUT2D eigenvalue weighted by Gasteiger charge is 2.08. The monoisotopic (exact) mass is 326 g/mol. The molecule has 6 heteroatoms. The fourth-order valence-electron chi connectivity index (χ4n) is 2.17. The molecule has 124 valence electrons. The highest BCUT2D eigenvalue weighted by Crippen LogP contribution is 2.32. The molecular formula is C18H18N2O4. The number of nitrogens with zero attached hydrogens (tertiary/aromatic N) is 2. The lowest BCUT2D eigenvalue weighted by molar-refractivity contribution is 0.266. The summed E-state index contributed by atoms with van der Waals surface area (Å²) in [5.41, 5.74) is 0. The van der Waals surface area contributed by atoms with Crippen LogP contribution in [0.25, 0.3) is 10.8 Å². The third-order valence-electron chi connectivity index (χ3n) is 3.28. The molecule has 0 atom stereocenters. The van der Waals surface area contributed by atoms with Crippen LogP contribution in [0.2, 0.25) is 0 Å². The minimum atomic E-state index is 0.386. The van der Waals surface area contributed by atoms with Gasteiger partial charge in [-0.1, -0.05) is 24.3 Å². The lowest BCUT2D eigenvalue weighted by atomic mass is 10.1. The molecule has 0 unspecified atom stereocenters. The summed E-state index contributed by atoms with van der Waals surface area (Å²) in [6.07, 6.45) is 4.25. The van der Waals surface area contributed by atoms with Gasteiger partial charge in [0.25, 0.3) is 0 Å². The van der Waals surface area contributed by atoms with Crippen molar-refractivity contribution in [1.29, 1.82) is 0 Å². The number of ether oxygens (including phenoxy) is 2. The van der Waals surface area contributed by atoms with E-state index in [1.165, 1.54) is 12.2 Å². The fraction of sp³-hybridized carbons (Fsp3) is 0.333. The molecule has 0 bridgehead atoms. The van der Waals surface area contributed by atoms with Crippen molar-refractivity contribution >= 4 is 22.9 Å². The van der Waals surface area contributed by atoms with E-state index in [-0.39, 0.29) is 0 Å². The van der Waals surface area contributed by atoms with Gasteiger partial charge in [0.1, 0.15) is 0 Å². The number of aliphatic imine (C=N–C) groups is 2. The minimum Gasteiger partial charge on any atom is -0.490 e. The largest absolute Gasteiger partial charge is 0.490 e. The average molecular weight is 326 g/mol. The smallest absolute Gasteiger partial charge is 0.234 e. The van der Waals surface area contributed by atoms with Crippen molar-refractivity contribution in [3.05, 3.63) is 36.4 Å². The molecular weight excluding hydrogens is 308 g/mol. The first kappa shape index (κ1) is 17.4. The van der Waals surface area contributed by atoms with Crippen LogP contribution in [0.15, 0.2) is 46.4 Å². The molecule has 0 radical (unpaired) electrons. The van der Waals surface area contributed by atoms with Crippen LogP contribution in [0, 0.1) is 0 Å². The Morgan fingerprint density at radius 1 is 0.792 bits per heavy atom. The van der Waals surface area contributed by atoms with Crippen molar-refractivity contribution in [2.45, 2.75) is 12.8 Å². The Balaban J connectivity index is 2.07. The van der Waals surface area contributed by atoms with Gasteiger partial charge in [0, 0.05) is 12.8 Å². The van der Waals surface area contributed by atoms with E-state index in [4.69, 9.17) is 9.47 Å². The maximum atomic E-state index is 10.0. The third kappa shape index (κ3) is 5.36. The van der Waals surface area contributed by atoms with Gasteiger partial charge in [0.15, 0.2) is 11.5 Å². The predicted octanol–water partition coefficient (Wildman–Crippen LogP) is 3.05. The summed E-state index contributed by atoms with van der Waals surface area (Å²) in [4.78, 5) is 27.1. The van der Waals surface area contributed by atoms with Crippen LogP contribution in [-0.4, -0.2) is 38.5 Å². The molecule has 0 saturated heterocycles. The van der Waals surface area contributed by atoms with E-state index in [0.29, 0.717) is 50.6 Å². The van der Waals surface area contributed by atoms with Gasteiger partial charge in [-0.15, -0.1) is 0 Å². The maximum Gasteiger partial charge on any atom is 0.234 e. The zero-order valence-corrected chi connectivity index (χ0v) is 13.2. The number of carbonyl (C=O) groups excluding carboxylic acids is 2. The number of isocyanates is 2. The first-order valence-electron chi connectivity index (χ1n) is 7.71. The van der Waals surface area contributed by atoms with Crippen molar-refractivity contribution < 1.29 is 19.1 Å². The summed E-state index contributed by atoms with van der Waals surface area (Å²) in [5.74, 6) is 1.28. The van der Waals surface area contributed by atoms with Crippen molar-refractivity contribution in [3.63, 3.8) is 0 Å². The number of fused-ring (bicyclic) bond motifs is 1. The van der Waals surface area contributed by atoms with E-state index in [1.54, 1.807) is 0 Å². The SMILES string of the molecule is O=C=NCCCOc1cc2ccccc2cc1OCCCN=C=O. The van der Waals surface area contributed by atoms with Gasteiger partial charge < -0.3 is 9.47 Å². The Kier molecular flexibility index (Phi) is 7.22. The standard InChI is InChI=1S/C18H18N2O4/c21-13-19-7-3-9-23-17-11-15-5-1-2-6-16(15)12-18(17)24-10-4-8-20-14-22/h1-2,5-6,11-12H,3-4,7-10H2. The molecule has 0 amide bonds. The van der Waals surface area contributed by atoms with Crippen LogP contribution >= 0.6 is 0 Å². The van der Waals surface area contributed by atoms with Gasteiger partial charge in [0.05, 0.1) is 26.3 Å². The van der Waals surface area contributed by atoms with Crippen LogP contribution in [-0.2, 0) is 9.59 Å². The summed E-state index contributed by atoms with van der Waals surface area (Å²) >= 11 is 0. The van der Waals surface area contributed by atoms with Crippen molar-refractivity contribution in [3.8, 4) is 11.5 Å². The first-order chi connectivity index (χ1) is 11.8. The van der Waals surface area contributed by atoms with E-state index in [1.807, 2.05) is 36.4 Å². The normalized spacial score (nSPS) is 9.83. The summed E-state index contributed by atoms with van der Waals surface area (Å²) in [6.45, 7) is 1.62. The summed E-state index contributed by atoms with van der Waals surface area (Å²) in [7, 11) is 0. The number of hydrogen-bond acceptors (Lipinski definition) is 6. The Morgan fingerprint density at radius 2 is 1.25 bits per heavy atom. The van der Waals surface area contributed by atoms with Gasteiger partial charge in [-0.25, -0.2) is 19.6 Å². The molecule has 0 aromatic heterocycles. The highest BCUT2D eigenvalue weighted by atomic mass is 16.5. The Labute approximate surface area is 139 Å². The van der Waals surface area contributed by atoms with E-state index in [9.17, 15) is 9.59 Å². The van der Waals surface area contributed by atoms with Crippen molar-refractivity contribution in [2.24, 2.45) is 9.98 Å². The molecule has 6 nitrogen and oxygen atoms in total. The second kappa shape index (κ2) is 9.95. The van der Waals surface area contributed by atoms with Crippen LogP contribution in [0.1, 0.15) is 12.8 Å². The summed E-state index contributed by atoms with van der Waals surface area (Å²) < 4.78 is 11.5. The molecule has 2 aromatic carbocycles. The van der Waals surface area contributed by atoms with E-state index in [0.717, 1.165) is 10.8 Å². The molecule has 2 rings (SSSR count). The third-order valence-corrected chi connectivity index (χ3v) is 3.28. The summed E-state index contributed by atoms with van der Waals surface area (Å²) in [6, 6.07) is 11.8. The van der Waals surface area contributed by atoms with Gasteiger partial charge in [-0.3, -0.25) is 0 Å². The zero-order valence-electron chi connectivity index (χ0n) is 13.2. The Hall–Kier alpha value is -2.94. The molecule has 0 heterocycles. The number of hydrogen-bond donors (Lipinski definition) is 0. The zero-order chi connectivity index (χ0) is 17.0. The van der Waals surface area contributed by atoms with Gasteiger partial charge >= 0.3 is 0 Å². The topological polar surface area (TPSA) is 77.3 Å². The highest BCUT2D eigenvalue weighted by molar-refractivity contribution is 5.86. The van der Waals surface area contributed by atoms with Gasteiger partial charge in [-0.2, -0.15) is 0 Å². The second-order valence-electron chi connectivity index (χ2n) is 5.00. The van der Waals surface area contributed by atoms with Crippen molar-refractivity contribution in [2.75, 3.05) is 26.3 Å². The predicted molar refractivity (Wildman–Crippen MR) is 90.1 cm³/mol. The van der Waals surface area contributed by atoms with Gasteiger partial charge in [0.2, 0.25) is 12.2 Å². The Morgan fingerprint density at radius 3 is 1.67 bits per heavy atom. The molecule has 0 N–H and O–H groups in total. The molecule has 0 fully saturated rings. The van der Waals surface area contributed by atoms with Crippen LogP contribution in [0.4, 0.5) is 0 Å². The van der Waals surface area contributed by atoms with E-state index < -0.39 is 0 Å². The number of benzene rings is 2. The molecule has 2 aromatic rings. The minimum absolute atomic E-state index is 0.386. The maximum absolute atomic E-state index is 10.0. The fourth-order valence-corrected chi connectivity index (χ4v) is 2.17. The molecule has 0 aliphatic carbocycles. The Bertz CT molecular complexity index is 698. The first-order valence-corrected chi connectivity index (χ1v) is 7.71. The second-order valence-corrected chi connectivity index (χ2v) is 5.00. The quantitative estimate of drug-likeness (QED) is 0.382. The molecule has 0 aliphatic rings. The number of rotatable bonds is 10. The molecule has 0 spiro atoms. The molecule has 24 heavy (non-hydrogen) atoms. The van der Waals surface area contributed by atoms with Crippen LogP contribution in [0.5, 0.6) is 11.5 Å². The molecule has 0 aliphatic heterocycles. The van der Waals surface area contributed by atoms with E-state index in [2.05, 4.69) is 9.98 Å². The van der Waals surface area contributed by atoms with Crippen molar-refractivity contribution in [1.82, 2.24) is 0 Å². The average Bonchev–Trinajstić information content (AvgIpc) is 2.61. The lowest BCUT2D eigenvalue weighted by Crippen LogP contribution is -2.04. The van der Waals surface area contributed by atoms with Crippen LogP contribution < -0.4 is 9.47 Å². The lowest BCUT2D eigenvalue weighted by Gasteiger charge is -2.13. The van der Waals surface area contributed by atoms with Gasteiger partial charge in [-0.05, 0) is 22.9 Å². The van der Waals surface area contributed by atoms with Crippen LogP contribution in [0.3, 0.4) is 0 Å². The molecule has 0 saturated carbocycles.